The summed E-state index contributed by atoms with van der Waals surface area (Å²) < 4.78 is 0. The maximum absolute atomic E-state index is 13.7. The number of amides is 3. The van der Waals surface area contributed by atoms with Gasteiger partial charge < -0.3 is 26.0 Å². The summed E-state index contributed by atoms with van der Waals surface area (Å²) in [6.07, 6.45) is 2.53. The molecule has 9 heteroatoms. The number of likely N-dealkylation sites (N-methyl/N-ethyl adjacent to an activating group) is 2. The van der Waals surface area contributed by atoms with Gasteiger partial charge in [0.25, 0.3) is 0 Å². The number of aliphatic carboxylic acids is 1. The molecule has 0 saturated heterocycles. The lowest BCUT2D eigenvalue weighted by molar-refractivity contribution is -0.141. The molecule has 0 aliphatic carbocycles. The lowest BCUT2D eigenvalue weighted by Crippen LogP contribution is -2.60. The van der Waals surface area contributed by atoms with Crippen LogP contribution in [0.3, 0.4) is 0 Å². The predicted octanol–water partition coefficient (Wildman–Crippen LogP) is 3.47. The van der Waals surface area contributed by atoms with Gasteiger partial charge in [-0.1, -0.05) is 83.4 Å². The number of carbonyl (C=O) groups excluding carboxylic acids is 3. The van der Waals surface area contributed by atoms with E-state index in [9.17, 15) is 24.3 Å². The van der Waals surface area contributed by atoms with E-state index in [-0.39, 0.29) is 18.4 Å². The number of nitrogens with one attached hydrogen (secondary N) is 3. The number of carboxylic acids is 1. The van der Waals surface area contributed by atoms with E-state index in [4.69, 9.17) is 0 Å². The van der Waals surface area contributed by atoms with Gasteiger partial charge in [-0.3, -0.25) is 14.4 Å². The highest BCUT2D eigenvalue weighted by molar-refractivity contribution is 5.95. The van der Waals surface area contributed by atoms with Crippen LogP contribution < -0.4 is 16.0 Å². The normalized spacial score (nSPS) is 14.6. The first-order valence-electron chi connectivity index (χ1n) is 13.9. The molecule has 224 valence electrons. The van der Waals surface area contributed by atoms with Gasteiger partial charge in [-0.15, -0.1) is 0 Å². The number of aryl methyl sites for hydroxylation is 2. The molecule has 0 spiro atoms. The molecule has 3 unspecified atom stereocenters. The van der Waals surface area contributed by atoms with Crippen molar-refractivity contribution in [2.45, 2.75) is 98.7 Å². The summed E-state index contributed by atoms with van der Waals surface area (Å²) in [5.74, 6) is -2.15. The van der Waals surface area contributed by atoms with Crippen LogP contribution in [0.4, 0.5) is 0 Å². The Morgan fingerprint density at radius 3 is 1.98 bits per heavy atom. The molecule has 1 rings (SSSR count). The molecule has 0 radical (unpaired) electrons. The Bertz CT molecular complexity index is 1080. The molecule has 1 aromatic rings. The van der Waals surface area contributed by atoms with Gasteiger partial charge in [0.15, 0.2) is 0 Å². The molecular formula is C31H50N4O5. The first-order valence-corrected chi connectivity index (χ1v) is 13.9. The van der Waals surface area contributed by atoms with Crippen molar-refractivity contribution in [1.82, 2.24) is 20.9 Å². The molecule has 0 fully saturated rings. The lowest BCUT2D eigenvalue weighted by atomic mass is 9.76. The third kappa shape index (κ3) is 9.47. The van der Waals surface area contributed by atoms with Crippen LogP contribution in [0.15, 0.2) is 29.8 Å². The maximum Gasteiger partial charge on any atom is 0.326 e. The minimum Gasteiger partial charge on any atom is -0.480 e. The number of carboxylic acid groups (broad SMARTS) is 1. The number of carbonyl (C=O) groups is 4. The van der Waals surface area contributed by atoms with Gasteiger partial charge in [-0.05, 0) is 45.2 Å². The van der Waals surface area contributed by atoms with E-state index in [0.29, 0.717) is 18.4 Å². The second-order valence-electron chi connectivity index (χ2n) is 12.4. The van der Waals surface area contributed by atoms with E-state index in [0.717, 1.165) is 16.7 Å². The van der Waals surface area contributed by atoms with E-state index in [2.05, 4.69) is 34.1 Å². The fourth-order valence-corrected chi connectivity index (χ4v) is 4.70. The third-order valence-electron chi connectivity index (χ3n) is 7.22. The number of hydrogen-bond acceptors (Lipinski definition) is 5. The van der Waals surface area contributed by atoms with Crippen LogP contribution in [0.5, 0.6) is 0 Å². The minimum atomic E-state index is -1.08. The number of benzene rings is 1. The minimum absolute atomic E-state index is 0.121. The Kier molecular flexibility index (Phi) is 12.6. The molecule has 0 heterocycles. The molecule has 3 amide bonds. The van der Waals surface area contributed by atoms with Gasteiger partial charge in [0, 0.05) is 24.6 Å². The molecule has 0 aliphatic heterocycles. The van der Waals surface area contributed by atoms with Crippen molar-refractivity contribution in [3.05, 3.63) is 46.5 Å². The van der Waals surface area contributed by atoms with Crippen LogP contribution in [-0.2, 0) is 24.6 Å². The highest BCUT2D eigenvalue weighted by Gasteiger charge is 2.40. The van der Waals surface area contributed by atoms with Crippen molar-refractivity contribution >= 4 is 23.7 Å². The van der Waals surface area contributed by atoms with Gasteiger partial charge in [0.2, 0.25) is 17.7 Å². The van der Waals surface area contributed by atoms with Crippen molar-refractivity contribution in [1.29, 1.82) is 0 Å². The monoisotopic (exact) mass is 558 g/mol. The Hall–Kier alpha value is -3.20. The molecule has 0 aromatic heterocycles. The van der Waals surface area contributed by atoms with Crippen LogP contribution in [0.25, 0.3) is 0 Å². The third-order valence-corrected chi connectivity index (χ3v) is 7.22. The summed E-state index contributed by atoms with van der Waals surface area (Å²) in [7, 11) is 3.35. The second-order valence-corrected chi connectivity index (χ2v) is 12.4. The lowest BCUT2D eigenvalue weighted by Gasteiger charge is -2.38. The molecule has 0 aliphatic rings. The molecule has 1 aromatic carbocycles. The van der Waals surface area contributed by atoms with Gasteiger partial charge in [0.1, 0.15) is 12.1 Å². The molecule has 3 atom stereocenters. The van der Waals surface area contributed by atoms with E-state index in [1.54, 1.807) is 27.1 Å². The van der Waals surface area contributed by atoms with Crippen LogP contribution >= 0.6 is 0 Å². The smallest absolute Gasteiger partial charge is 0.326 e. The molecule has 0 saturated carbocycles. The van der Waals surface area contributed by atoms with Crippen molar-refractivity contribution < 1.29 is 24.3 Å². The number of nitrogens with zero attached hydrogens (tertiary/aromatic N) is 1. The van der Waals surface area contributed by atoms with Gasteiger partial charge in [-0.2, -0.15) is 0 Å². The highest BCUT2D eigenvalue weighted by atomic mass is 16.4. The van der Waals surface area contributed by atoms with Gasteiger partial charge in [0.05, 0.1) is 6.04 Å². The summed E-state index contributed by atoms with van der Waals surface area (Å²) in [6.45, 7) is 17.3. The summed E-state index contributed by atoms with van der Waals surface area (Å²) in [6, 6.07) is 3.86. The fourth-order valence-electron chi connectivity index (χ4n) is 4.70. The first kappa shape index (κ1) is 34.8. The molecule has 9 nitrogen and oxygen atoms in total. The Morgan fingerprint density at radius 2 is 1.52 bits per heavy atom. The molecule has 40 heavy (non-hydrogen) atoms. The standard InChI is InChI=1S/C31H50N4O5/c1-12-13-23(29(39)40)33-26(36)21(4)14-15-35(11)28(38)25(30(5,6)7)34-27(37)24(32-10)31(8,9)22-17-19(2)16-20(3)18-22/h14,16-18,23-25,32H,12-13,15H2,1-11H3,(H,33,36)(H,34,37)(H,39,40)/b21-14+. The van der Waals surface area contributed by atoms with Crippen LogP contribution in [0.1, 0.15) is 78.0 Å². The summed E-state index contributed by atoms with van der Waals surface area (Å²) >= 11 is 0. The zero-order valence-electron chi connectivity index (χ0n) is 26.2. The molecule has 0 bridgehead atoms. The zero-order chi connectivity index (χ0) is 31.0. The fraction of sp³-hybridized carbons (Fsp3) is 0.613. The summed E-state index contributed by atoms with van der Waals surface area (Å²) in [5.41, 5.74) is 2.41. The number of hydrogen-bond donors (Lipinski definition) is 4. The van der Waals surface area contributed by atoms with E-state index < -0.39 is 40.8 Å². The predicted molar refractivity (Wildman–Crippen MR) is 159 cm³/mol. The highest BCUT2D eigenvalue weighted by Crippen LogP contribution is 2.30. The average molecular weight is 559 g/mol. The maximum atomic E-state index is 13.7. The van der Waals surface area contributed by atoms with Crippen molar-refractivity contribution in [3.8, 4) is 0 Å². The Labute approximate surface area is 240 Å². The number of rotatable bonds is 13. The van der Waals surface area contributed by atoms with Gasteiger partial charge in [-0.25, -0.2) is 4.79 Å². The Balaban J connectivity index is 3.10. The molecule has 4 N–H and O–H groups in total. The van der Waals surface area contributed by atoms with Crippen LogP contribution in [0, 0.1) is 19.3 Å². The quantitative estimate of drug-likeness (QED) is 0.275. The van der Waals surface area contributed by atoms with Crippen molar-refractivity contribution in [3.63, 3.8) is 0 Å². The summed E-state index contributed by atoms with van der Waals surface area (Å²) in [4.78, 5) is 52.6. The first-order chi connectivity index (χ1) is 18.4. The summed E-state index contributed by atoms with van der Waals surface area (Å²) in [5, 5.41) is 18.0. The second kappa shape index (κ2) is 14.4. The van der Waals surface area contributed by atoms with Crippen LogP contribution in [-0.4, -0.2) is 72.5 Å². The van der Waals surface area contributed by atoms with E-state index in [1.807, 2.05) is 55.4 Å². The van der Waals surface area contributed by atoms with E-state index in [1.165, 1.54) is 4.90 Å². The molecular weight excluding hydrogens is 508 g/mol. The van der Waals surface area contributed by atoms with Gasteiger partial charge >= 0.3 is 5.97 Å². The largest absolute Gasteiger partial charge is 0.480 e. The SMILES string of the molecule is CCCC(NC(=O)/C(C)=C/CN(C)C(=O)C(NC(=O)C(NC)C(C)(C)c1cc(C)cc(C)c1)C(C)(C)C)C(=O)O. The topological polar surface area (TPSA) is 128 Å². The van der Waals surface area contributed by atoms with Crippen molar-refractivity contribution in [2.24, 2.45) is 5.41 Å². The van der Waals surface area contributed by atoms with Crippen LogP contribution in [0.2, 0.25) is 0 Å². The Morgan fingerprint density at radius 1 is 0.975 bits per heavy atom. The zero-order valence-corrected chi connectivity index (χ0v) is 26.2. The average Bonchev–Trinajstić information content (AvgIpc) is 2.83. The van der Waals surface area contributed by atoms with Crippen molar-refractivity contribution in [2.75, 3.05) is 20.6 Å². The van der Waals surface area contributed by atoms with E-state index >= 15 is 0 Å².